The molecule has 0 spiro atoms. The minimum Gasteiger partial charge on any atom is -0.388 e. The molecular formula is C60H83ClN8O10S6. The van der Waals surface area contributed by atoms with Crippen LogP contribution < -0.4 is 0 Å². The highest BCUT2D eigenvalue weighted by Crippen LogP contribution is 2.29. The number of likely N-dealkylation sites (tertiary alicyclic amines) is 2. The van der Waals surface area contributed by atoms with E-state index in [1.807, 2.05) is 65.2 Å². The van der Waals surface area contributed by atoms with Gasteiger partial charge >= 0.3 is 0 Å². The number of methoxy groups -OCH3 is 1. The van der Waals surface area contributed by atoms with Crippen LogP contribution in [0.1, 0.15) is 211 Å². The monoisotopic (exact) mass is 1300 g/mol. The van der Waals surface area contributed by atoms with E-state index in [4.69, 9.17) is 5.11 Å². The van der Waals surface area contributed by atoms with Crippen molar-refractivity contribution < 1.29 is 48.2 Å². The summed E-state index contributed by atoms with van der Waals surface area (Å²) in [5.74, 6) is 1.61. The van der Waals surface area contributed by atoms with Gasteiger partial charge in [0.05, 0.1) is 0 Å². The number of aliphatic hydroxyl groups is 1. The standard InChI is InChI=1S/C14H20N2O2S.C13H18N2O2S.C11H15NOS.C9H13NOS.C7H9NO2S.C6H7NO2S.ClH/c1-11-10-15-14(19-11)12(17)6-5-7-13(18)16-8-3-2-4-9-16;1-10-9-14-13(18-10)11(16)5-4-6-12(17)15-7-2-3-8-15;1-8-7-12-11(14-8)10(13)6-9-4-2-3-5-9;1-6(2)4-8(11)9-10-5-7(3)12-9;1-5-3-8-7(11-5)6(9)4-10-2;1-4-2-7-6(10-4)5(9)3-8;/h10H,2-9H2,1H3;9H,2-8H2,1H3;7,9H,2-6H2,1H3;5-6H,4H2,1-3H3;3H,4H2,1-2H3;2,8H,3H2,1H3;1H. The molecule has 0 aromatic carbocycles. The lowest BCUT2D eigenvalue weighted by molar-refractivity contribution is -0.132. The summed E-state index contributed by atoms with van der Waals surface area (Å²) < 4.78 is 4.68. The van der Waals surface area contributed by atoms with Gasteiger partial charge in [0.2, 0.25) is 23.4 Å². The maximum absolute atomic E-state index is 11.9. The second-order valence-electron chi connectivity index (χ2n) is 21.0. The van der Waals surface area contributed by atoms with Crippen LogP contribution in [0.5, 0.6) is 0 Å². The minimum atomic E-state index is -0.451. The molecule has 3 fully saturated rings. The van der Waals surface area contributed by atoms with E-state index >= 15 is 0 Å². The van der Waals surface area contributed by atoms with Crippen LogP contribution in [-0.4, -0.2) is 138 Å². The number of aromatic nitrogens is 6. The molecule has 1 aliphatic carbocycles. The van der Waals surface area contributed by atoms with Crippen molar-refractivity contribution in [1.29, 1.82) is 0 Å². The molecule has 85 heavy (non-hydrogen) atoms. The van der Waals surface area contributed by atoms with Crippen molar-refractivity contribution in [2.45, 2.75) is 165 Å². The van der Waals surface area contributed by atoms with Gasteiger partial charge < -0.3 is 19.6 Å². The number of halogens is 1. The van der Waals surface area contributed by atoms with Crippen LogP contribution in [0.4, 0.5) is 0 Å². The lowest BCUT2D eigenvalue weighted by Crippen LogP contribution is -2.35. The van der Waals surface area contributed by atoms with Gasteiger partial charge in [-0.3, -0.25) is 38.4 Å². The number of Topliss-reactive ketones (excluding diaryl/α,β-unsaturated/α-hetero) is 6. The summed E-state index contributed by atoms with van der Waals surface area (Å²) in [6, 6.07) is 0. The highest BCUT2D eigenvalue weighted by Gasteiger charge is 2.22. The first kappa shape index (κ1) is 74.2. The van der Waals surface area contributed by atoms with Crippen molar-refractivity contribution in [1.82, 2.24) is 39.7 Å². The number of ether oxygens (including phenoxy) is 1. The smallest absolute Gasteiger partial charge is 0.222 e. The van der Waals surface area contributed by atoms with Crippen LogP contribution in [0.25, 0.3) is 0 Å². The number of aliphatic hydroxyl groups excluding tert-OH is 1. The largest absolute Gasteiger partial charge is 0.388 e. The number of thiazole rings is 6. The van der Waals surface area contributed by atoms with Gasteiger partial charge in [-0.15, -0.1) is 80.4 Å². The van der Waals surface area contributed by atoms with E-state index in [0.29, 0.717) is 93.2 Å². The molecule has 1 N–H and O–H groups in total. The second-order valence-corrected chi connectivity index (χ2v) is 28.4. The molecule has 466 valence electrons. The van der Waals surface area contributed by atoms with Crippen molar-refractivity contribution in [2.75, 3.05) is 46.5 Å². The number of rotatable bonds is 21. The van der Waals surface area contributed by atoms with Crippen LogP contribution in [-0.2, 0) is 14.3 Å². The molecule has 3 aliphatic rings. The van der Waals surface area contributed by atoms with Crippen LogP contribution in [0, 0.1) is 53.4 Å². The summed E-state index contributed by atoms with van der Waals surface area (Å²) in [5, 5.41) is 11.8. The maximum Gasteiger partial charge on any atom is 0.222 e. The lowest BCUT2D eigenvalue weighted by atomic mass is 10.0. The summed E-state index contributed by atoms with van der Waals surface area (Å²) >= 11 is 8.54. The molecule has 1 saturated carbocycles. The third kappa shape index (κ3) is 28.6. The summed E-state index contributed by atoms with van der Waals surface area (Å²) in [5.41, 5.74) is 0. The molecule has 6 aromatic rings. The molecule has 2 amide bonds. The normalized spacial score (nSPS) is 13.5. The fourth-order valence-corrected chi connectivity index (χ4v) is 12.9. The van der Waals surface area contributed by atoms with Gasteiger partial charge in [-0.25, -0.2) is 29.9 Å². The molecule has 2 aliphatic heterocycles. The van der Waals surface area contributed by atoms with Crippen molar-refractivity contribution in [2.24, 2.45) is 11.8 Å². The Morgan fingerprint density at radius 2 is 0.788 bits per heavy atom. The summed E-state index contributed by atoms with van der Waals surface area (Å²) in [4.78, 5) is 127. The number of hydrogen-bond donors (Lipinski definition) is 1. The van der Waals surface area contributed by atoms with Gasteiger partial charge in [0.25, 0.3) is 0 Å². The average Bonchev–Trinajstić information content (AvgIpc) is 4.50. The first-order chi connectivity index (χ1) is 40.1. The molecule has 0 unspecified atom stereocenters. The predicted molar refractivity (Wildman–Crippen MR) is 343 cm³/mol. The molecule has 6 aromatic heterocycles. The zero-order chi connectivity index (χ0) is 61.6. The molecule has 8 heterocycles. The minimum absolute atomic E-state index is 0. The van der Waals surface area contributed by atoms with Crippen LogP contribution >= 0.6 is 80.4 Å². The third-order valence-electron chi connectivity index (χ3n) is 12.9. The van der Waals surface area contributed by atoms with E-state index < -0.39 is 6.61 Å². The van der Waals surface area contributed by atoms with E-state index in [-0.39, 0.29) is 65.5 Å². The summed E-state index contributed by atoms with van der Waals surface area (Å²) in [6.07, 6.45) is 25.4. The topological polar surface area (TPSA) is 250 Å². The first-order valence-corrected chi connectivity index (χ1v) is 33.4. The van der Waals surface area contributed by atoms with Crippen molar-refractivity contribution in [3.8, 4) is 0 Å². The number of hydrogen-bond acceptors (Lipinski definition) is 22. The Hall–Kier alpha value is -5.05. The van der Waals surface area contributed by atoms with Gasteiger partial charge in [0.15, 0.2) is 53.2 Å². The molecule has 9 rings (SSSR count). The Morgan fingerprint density at radius 1 is 0.471 bits per heavy atom. The van der Waals surface area contributed by atoms with Crippen LogP contribution in [0.3, 0.4) is 0 Å². The van der Waals surface area contributed by atoms with E-state index in [9.17, 15) is 38.4 Å². The van der Waals surface area contributed by atoms with Crippen molar-refractivity contribution in [3.05, 3.63) is 96.5 Å². The SMILES string of the molecule is COCC(=O)c1ncc(C)s1.Cc1cnc(C(=O)CC(C)C)s1.Cc1cnc(C(=O)CC2CCCC2)s1.Cc1cnc(C(=O)CCCC(=O)N2CCCC2)s1.Cc1cnc(C(=O)CCCC(=O)N2CCCCC2)s1.Cc1cnc(C(=O)CO)s1.Cl. The molecular weight excluding hydrogens is 1220 g/mol. The number of carbonyl (C=O) groups excluding carboxylic acids is 8. The Morgan fingerprint density at radius 3 is 1.11 bits per heavy atom. The summed E-state index contributed by atoms with van der Waals surface area (Å²) in [6.45, 7) is 18.9. The predicted octanol–water partition coefficient (Wildman–Crippen LogP) is 13.5. The number of piperidine rings is 1. The van der Waals surface area contributed by atoms with E-state index in [1.165, 1.54) is 107 Å². The zero-order valence-corrected chi connectivity index (χ0v) is 56.2. The van der Waals surface area contributed by atoms with Crippen LogP contribution in [0.15, 0.2) is 37.2 Å². The molecule has 0 radical (unpaired) electrons. The number of ketones is 6. The highest BCUT2D eigenvalue weighted by molar-refractivity contribution is 7.15. The Kier molecular flexibility index (Phi) is 35.3. The molecule has 18 nitrogen and oxygen atoms in total. The maximum atomic E-state index is 11.9. The van der Waals surface area contributed by atoms with Crippen molar-refractivity contribution in [3.63, 3.8) is 0 Å². The lowest BCUT2D eigenvalue weighted by Gasteiger charge is -2.26. The fourth-order valence-electron chi connectivity index (χ4n) is 8.62. The highest BCUT2D eigenvalue weighted by atomic mass is 35.5. The average molecular weight is 1300 g/mol. The van der Waals surface area contributed by atoms with Gasteiger partial charge in [-0.1, -0.05) is 39.5 Å². The summed E-state index contributed by atoms with van der Waals surface area (Å²) in [7, 11) is 1.50. The van der Waals surface area contributed by atoms with Crippen LogP contribution in [0.2, 0.25) is 0 Å². The zero-order valence-electron chi connectivity index (χ0n) is 50.4. The Balaban J connectivity index is 0.000000271. The number of aryl methyl sites for hydroxylation is 6. The third-order valence-corrected chi connectivity index (χ3v) is 18.6. The number of carbonyl (C=O) groups is 8. The molecule has 25 heteroatoms. The van der Waals surface area contributed by atoms with Gasteiger partial charge in [-0.05, 0) is 98.3 Å². The van der Waals surface area contributed by atoms with E-state index in [1.54, 1.807) is 37.2 Å². The fraction of sp³-hybridized carbons (Fsp3) is 0.567. The van der Waals surface area contributed by atoms with Gasteiger partial charge in [0.1, 0.15) is 13.2 Å². The molecule has 0 bridgehead atoms. The van der Waals surface area contributed by atoms with Crippen molar-refractivity contribution >= 4 is 127 Å². The Labute approximate surface area is 530 Å². The van der Waals surface area contributed by atoms with E-state index in [2.05, 4.69) is 34.6 Å². The Bertz CT molecular complexity index is 3020. The first-order valence-electron chi connectivity index (χ1n) is 28.5. The van der Waals surface area contributed by atoms with Gasteiger partial charge in [0, 0.05) is 138 Å². The quantitative estimate of drug-likeness (QED) is 0.0658. The molecule has 2 saturated heterocycles. The van der Waals surface area contributed by atoms with E-state index in [0.717, 1.165) is 81.1 Å². The molecule has 0 atom stereocenters. The number of nitrogens with zero attached hydrogens (tertiary/aromatic N) is 8. The van der Waals surface area contributed by atoms with Gasteiger partial charge in [-0.2, -0.15) is 0 Å². The second kappa shape index (κ2) is 40.4. The number of amides is 2.